The molecule has 0 saturated carbocycles. The average Bonchev–Trinajstić information content (AvgIpc) is 3.71. The second-order valence-corrected chi connectivity index (χ2v) is 13.4. The molecule has 2 aromatic heterocycles. The van der Waals surface area contributed by atoms with Gasteiger partial charge in [-0.05, 0) is 104 Å². The third kappa shape index (κ3) is 3.90. The summed E-state index contributed by atoms with van der Waals surface area (Å²) in [5.74, 6) is 0. The molecule has 2 heteroatoms. The lowest BCUT2D eigenvalue weighted by Gasteiger charge is -2.11. The van der Waals surface area contributed by atoms with Crippen molar-refractivity contribution in [2.24, 2.45) is 0 Å². The summed E-state index contributed by atoms with van der Waals surface area (Å²) < 4.78 is 4.82. The molecule has 0 fully saturated rings. The highest BCUT2D eigenvalue weighted by atomic mass is 15.0. The fraction of sp³-hybridized carbons (Fsp3) is 0. The van der Waals surface area contributed by atoms with E-state index in [1.807, 2.05) is 0 Å². The molecule has 2 heterocycles. The van der Waals surface area contributed by atoms with E-state index in [2.05, 4.69) is 191 Å². The van der Waals surface area contributed by atoms with Gasteiger partial charge in [-0.15, -0.1) is 0 Å². The van der Waals surface area contributed by atoms with Crippen molar-refractivity contribution >= 4 is 75.9 Å². The van der Waals surface area contributed by atoms with Crippen LogP contribution in [-0.4, -0.2) is 9.13 Å². The minimum absolute atomic E-state index is 1.18. The number of hydrogen-bond acceptors (Lipinski definition) is 0. The van der Waals surface area contributed by atoms with Gasteiger partial charge >= 0.3 is 0 Å². The zero-order valence-electron chi connectivity index (χ0n) is 27.2. The van der Waals surface area contributed by atoms with Crippen molar-refractivity contribution in [3.63, 3.8) is 0 Å². The Labute approximate surface area is 288 Å². The van der Waals surface area contributed by atoms with E-state index in [1.165, 1.54) is 98.4 Å². The Balaban J connectivity index is 1.12. The maximum atomic E-state index is 2.43. The van der Waals surface area contributed by atoms with Gasteiger partial charge in [-0.25, -0.2) is 0 Å². The number of nitrogens with zero attached hydrogens (tertiary/aromatic N) is 2. The molecule has 0 bridgehead atoms. The van der Waals surface area contributed by atoms with E-state index in [0.29, 0.717) is 0 Å². The minimum Gasteiger partial charge on any atom is -0.309 e. The molecule has 50 heavy (non-hydrogen) atoms. The Morgan fingerprint density at radius 1 is 0.260 bits per heavy atom. The predicted molar refractivity (Wildman–Crippen MR) is 213 cm³/mol. The van der Waals surface area contributed by atoms with Crippen LogP contribution in [0.1, 0.15) is 0 Å². The molecule has 0 unspecified atom stereocenters. The number of hydrogen-bond donors (Lipinski definition) is 0. The molecule has 0 N–H and O–H groups in total. The van der Waals surface area contributed by atoms with E-state index in [4.69, 9.17) is 0 Å². The summed E-state index contributed by atoms with van der Waals surface area (Å²) in [6.45, 7) is 0. The van der Waals surface area contributed by atoms with Crippen LogP contribution < -0.4 is 0 Å². The summed E-state index contributed by atoms with van der Waals surface area (Å²) in [4.78, 5) is 0. The van der Waals surface area contributed by atoms with Crippen molar-refractivity contribution in [1.82, 2.24) is 9.13 Å². The van der Waals surface area contributed by atoms with Crippen molar-refractivity contribution in [1.29, 1.82) is 0 Å². The summed E-state index contributed by atoms with van der Waals surface area (Å²) in [6, 6.07) is 66.8. The van der Waals surface area contributed by atoms with Crippen LogP contribution in [0.3, 0.4) is 0 Å². The standard InChI is InChI=1S/C48H30N2/c1-2-12-37(13-3-1)49-43-16-8-6-14-40(43)47-39-25-21-34(28-36(39)23-27-45(47)49)35-19-18-32-22-26-46-48(42(32)30-35)41-15-7-9-17-44(41)50(46)38-24-20-31-10-4-5-11-33(31)29-38/h1-30H. The first-order valence-electron chi connectivity index (χ1n) is 17.3. The van der Waals surface area contributed by atoms with Gasteiger partial charge in [-0.3, -0.25) is 0 Å². The first-order valence-corrected chi connectivity index (χ1v) is 17.3. The van der Waals surface area contributed by atoms with Gasteiger partial charge in [-0.1, -0.05) is 121 Å². The van der Waals surface area contributed by atoms with Crippen molar-refractivity contribution in [2.75, 3.05) is 0 Å². The molecule has 0 spiro atoms. The van der Waals surface area contributed by atoms with Crippen LogP contribution in [0, 0.1) is 0 Å². The molecular formula is C48H30N2. The number of benzene rings is 9. The van der Waals surface area contributed by atoms with Gasteiger partial charge in [0.25, 0.3) is 0 Å². The lowest BCUT2D eigenvalue weighted by Crippen LogP contribution is -1.93. The van der Waals surface area contributed by atoms with Gasteiger partial charge < -0.3 is 9.13 Å². The SMILES string of the molecule is c1ccc(-n2c3ccccc3c3c4ccc(-c5ccc6ccc7c(c6c5)c5ccccc5n7-c5ccc6ccccc6c5)cc4ccc32)cc1. The second-order valence-electron chi connectivity index (χ2n) is 13.4. The second kappa shape index (κ2) is 10.4. The molecule has 0 saturated heterocycles. The number of rotatable bonds is 3. The Morgan fingerprint density at radius 3 is 1.60 bits per heavy atom. The van der Waals surface area contributed by atoms with Crippen LogP contribution in [-0.2, 0) is 0 Å². The number of fused-ring (bicyclic) bond motifs is 11. The van der Waals surface area contributed by atoms with Gasteiger partial charge in [0.1, 0.15) is 0 Å². The summed E-state index contributed by atoms with van der Waals surface area (Å²) >= 11 is 0. The molecular weight excluding hydrogens is 605 g/mol. The molecule has 0 amide bonds. The Kier molecular flexibility index (Phi) is 5.70. The molecule has 0 radical (unpaired) electrons. The molecule has 0 aliphatic carbocycles. The lowest BCUT2D eigenvalue weighted by atomic mass is 9.95. The highest BCUT2D eigenvalue weighted by Crippen LogP contribution is 2.41. The fourth-order valence-electron chi connectivity index (χ4n) is 8.39. The van der Waals surface area contributed by atoms with Crippen LogP contribution in [0.2, 0.25) is 0 Å². The molecule has 11 aromatic rings. The molecule has 2 nitrogen and oxygen atoms in total. The third-order valence-electron chi connectivity index (χ3n) is 10.6. The third-order valence-corrected chi connectivity index (χ3v) is 10.6. The predicted octanol–water partition coefficient (Wildman–Crippen LogP) is 13.0. The Morgan fingerprint density at radius 2 is 0.820 bits per heavy atom. The zero-order valence-corrected chi connectivity index (χ0v) is 27.2. The van der Waals surface area contributed by atoms with E-state index in [0.717, 1.165) is 0 Å². The maximum absolute atomic E-state index is 2.43. The van der Waals surface area contributed by atoms with E-state index >= 15 is 0 Å². The van der Waals surface area contributed by atoms with Crippen molar-refractivity contribution in [3.05, 3.63) is 182 Å². The molecule has 0 aliphatic heterocycles. The average molecular weight is 635 g/mol. The van der Waals surface area contributed by atoms with Gasteiger partial charge in [0.15, 0.2) is 0 Å². The lowest BCUT2D eigenvalue weighted by molar-refractivity contribution is 1.18. The van der Waals surface area contributed by atoms with Gasteiger partial charge in [0, 0.05) is 32.9 Å². The van der Waals surface area contributed by atoms with E-state index < -0.39 is 0 Å². The molecule has 0 aliphatic rings. The Hall–Kier alpha value is -6.64. The van der Waals surface area contributed by atoms with Gasteiger partial charge in [0.05, 0.1) is 22.1 Å². The van der Waals surface area contributed by atoms with Crippen molar-refractivity contribution in [3.8, 4) is 22.5 Å². The molecule has 11 rings (SSSR count). The monoisotopic (exact) mass is 634 g/mol. The van der Waals surface area contributed by atoms with Crippen LogP contribution >= 0.6 is 0 Å². The summed E-state index contributed by atoms with van der Waals surface area (Å²) in [5, 5.41) is 12.7. The summed E-state index contributed by atoms with van der Waals surface area (Å²) in [5.41, 5.74) is 9.71. The molecule has 0 atom stereocenters. The fourth-order valence-corrected chi connectivity index (χ4v) is 8.39. The van der Waals surface area contributed by atoms with Crippen molar-refractivity contribution in [2.45, 2.75) is 0 Å². The minimum atomic E-state index is 1.18. The van der Waals surface area contributed by atoms with E-state index in [-0.39, 0.29) is 0 Å². The van der Waals surface area contributed by atoms with E-state index in [1.54, 1.807) is 0 Å². The quantitative estimate of drug-likeness (QED) is 0.183. The van der Waals surface area contributed by atoms with Crippen LogP contribution in [0.5, 0.6) is 0 Å². The van der Waals surface area contributed by atoms with Crippen molar-refractivity contribution < 1.29 is 0 Å². The first kappa shape index (κ1) is 27.3. The Bertz CT molecular complexity index is 3140. The van der Waals surface area contributed by atoms with Gasteiger partial charge in [-0.2, -0.15) is 0 Å². The largest absolute Gasteiger partial charge is 0.309 e. The zero-order chi connectivity index (χ0) is 32.8. The number of para-hydroxylation sites is 3. The highest BCUT2D eigenvalue weighted by Gasteiger charge is 2.17. The first-order chi connectivity index (χ1) is 24.8. The van der Waals surface area contributed by atoms with Crippen LogP contribution in [0.25, 0.3) is 98.4 Å². The maximum Gasteiger partial charge on any atom is 0.0547 e. The smallest absolute Gasteiger partial charge is 0.0547 e. The van der Waals surface area contributed by atoms with E-state index in [9.17, 15) is 0 Å². The molecule has 9 aromatic carbocycles. The summed E-state index contributed by atoms with van der Waals surface area (Å²) in [6.07, 6.45) is 0. The van der Waals surface area contributed by atoms with Crippen LogP contribution in [0.15, 0.2) is 182 Å². The van der Waals surface area contributed by atoms with Crippen LogP contribution in [0.4, 0.5) is 0 Å². The molecule has 232 valence electrons. The topological polar surface area (TPSA) is 9.86 Å². The summed E-state index contributed by atoms with van der Waals surface area (Å²) in [7, 11) is 0. The normalized spacial score (nSPS) is 12.0. The van der Waals surface area contributed by atoms with Gasteiger partial charge in [0.2, 0.25) is 0 Å². The number of aromatic nitrogens is 2. The highest BCUT2D eigenvalue weighted by molar-refractivity contribution is 6.23.